The molecule has 1 aromatic carbocycles. The molecule has 0 unspecified atom stereocenters. The lowest BCUT2D eigenvalue weighted by Gasteiger charge is -2.26. The van der Waals surface area contributed by atoms with Gasteiger partial charge in [-0.05, 0) is 18.6 Å². The Morgan fingerprint density at radius 2 is 2.15 bits per heavy atom. The molecule has 20 heavy (non-hydrogen) atoms. The molecule has 1 fully saturated rings. The average Bonchev–Trinajstić information content (AvgIpc) is 2.76. The third kappa shape index (κ3) is 2.49. The number of thiophene rings is 1. The Hall–Kier alpha value is -1.63. The number of morpholine rings is 1. The Bertz CT molecular complexity index is 647. The van der Waals surface area contributed by atoms with E-state index in [0.717, 1.165) is 10.1 Å². The smallest absolute Gasteiger partial charge is 0.277 e. The molecule has 0 atom stereocenters. The van der Waals surface area contributed by atoms with Crippen LogP contribution in [0.25, 0.3) is 10.1 Å². The van der Waals surface area contributed by atoms with E-state index in [1.807, 2.05) is 24.1 Å². The largest absolute Gasteiger partial charge is 0.397 e. The van der Waals surface area contributed by atoms with E-state index < -0.39 is 0 Å². The maximum atomic E-state index is 12.3. The maximum Gasteiger partial charge on any atom is 0.277 e. The number of amides is 1. The molecular weight excluding hydrogens is 274 g/mol. The zero-order valence-corrected chi connectivity index (χ0v) is 12.1. The van der Waals surface area contributed by atoms with E-state index in [1.54, 1.807) is 0 Å². The van der Waals surface area contributed by atoms with E-state index in [0.29, 0.717) is 36.9 Å². The monoisotopic (exact) mass is 291 g/mol. The molecule has 3 rings (SSSR count). The van der Waals surface area contributed by atoms with Crippen LogP contribution in [0.5, 0.6) is 0 Å². The first-order valence-electron chi connectivity index (χ1n) is 6.57. The van der Waals surface area contributed by atoms with E-state index in [1.165, 1.54) is 16.9 Å². The van der Waals surface area contributed by atoms with E-state index in [9.17, 15) is 4.79 Å². The van der Waals surface area contributed by atoms with Gasteiger partial charge in [0.2, 0.25) is 0 Å². The van der Waals surface area contributed by atoms with Gasteiger partial charge < -0.3 is 10.5 Å². The summed E-state index contributed by atoms with van der Waals surface area (Å²) >= 11 is 1.44. The Morgan fingerprint density at radius 1 is 1.40 bits per heavy atom. The second-order valence-electron chi connectivity index (χ2n) is 4.88. The number of hydrogen-bond donors (Lipinski definition) is 2. The second kappa shape index (κ2) is 5.40. The van der Waals surface area contributed by atoms with Crippen LogP contribution < -0.4 is 11.2 Å². The van der Waals surface area contributed by atoms with Gasteiger partial charge >= 0.3 is 0 Å². The number of nitrogens with one attached hydrogen (secondary N) is 1. The minimum absolute atomic E-state index is 0.136. The molecule has 1 saturated heterocycles. The van der Waals surface area contributed by atoms with Crippen LogP contribution in [0.15, 0.2) is 18.2 Å². The number of benzene rings is 1. The van der Waals surface area contributed by atoms with Crippen LogP contribution in [0.3, 0.4) is 0 Å². The van der Waals surface area contributed by atoms with Crippen molar-refractivity contribution in [2.24, 2.45) is 0 Å². The number of nitrogens with two attached hydrogens (primary N) is 1. The molecule has 0 bridgehead atoms. The zero-order chi connectivity index (χ0) is 14.1. The Morgan fingerprint density at radius 3 is 2.90 bits per heavy atom. The molecule has 1 amide bonds. The fraction of sp³-hybridized carbons (Fsp3) is 0.357. The molecule has 1 aliphatic rings. The predicted octanol–water partition coefficient (Wildman–Crippen LogP) is 1.77. The van der Waals surface area contributed by atoms with Crippen LogP contribution in [0, 0.1) is 6.92 Å². The number of carbonyl (C=O) groups excluding carboxylic acids is 1. The molecule has 6 heteroatoms. The summed E-state index contributed by atoms with van der Waals surface area (Å²) in [6, 6.07) is 6.04. The molecule has 0 spiro atoms. The molecule has 3 N–H and O–H groups in total. The van der Waals surface area contributed by atoms with Gasteiger partial charge in [0.25, 0.3) is 5.91 Å². The third-order valence-corrected chi connectivity index (χ3v) is 4.53. The summed E-state index contributed by atoms with van der Waals surface area (Å²) in [4.78, 5) is 12.9. The van der Waals surface area contributed by atoms with Gasteiger partial charge in [0.05, 0.1) is 18.9 Å². The molecule has 1 aliphatic heterocycles. The van der Waals surface area contributed by atoms with Gasteiger partial charge in [0.1, 0.15) is 4.88 Å². The van der Waals surface area contributed by atoms with Gasteiger partial charge in [-0.25, -0.2) is 5.01 Å². The molecule has 1 aromatic heterocycles. The summed E-state index contributed by atoms with van der Waals surface area (Å²) in [5.41, 5.74) is 10.7. The summed E-state index contributed by atoms with van der Waals surface area (Å²) in [5, 5.41) is 2.83. The van der Waals surface area contributed by atoms with E-state index in [4.69, 9.17) is 10.5 Å². The van der Waals surface area contributed by atoms with Gasteiger partial charge in [0, 0.05) is 23.2 Å². The Kier molecular flexibility index (Phi) is 3.60. The number of fused-ring (bicyclic) bond motifs is 1. The highest BCUT2D eigenvalue weighted by molar-refractivity contribution is 7.21. The minimum Gasteiger partial charge on any atom is -0.397 e. The maximum absolute atomic E-state index is 12.3. The average molecular weight is 291 g/mol. The van der Waals surface area contributed by atoms with Crippen molar-refractivity contribution < 1.29 is 9.53 Å². The van der Waals surface area contributed by atoms with Gasteiger partial charge in [-0.3, -0.25) is 10.2 Å². The first-order chi connectivity index (χ1) is 9.65. The van der Waals surface area contributed by atoms with Crippen LogP contribution in [0.1, 0.15) is 15.2 Å². The van der Waals surface area contributed by atoms with E-state index >= 15 is 0 Å². The lowest BCUT2D eigenvalue weighted by Crippen LogP contribution is -2.48. The Labute approximate surface area is 121 Å². The molecule has 0 radical (unpaired) electrons. The molecule has 2 heterocycles. The first kappa shape index (κ1) is 13.4. The fourth-order valence-corrected chi connectivity index (χ4v) is 3.37. The topological polar surface area (TPSA) is 67.6 Å². The van der Waals surface area contributed by atoms with Crippen molar-refractivity contribution in [1.29, 1.82) is 0 Å². The number of nitrogens with zero attached hydrogens (tertiary/aromatic N) is 1. The molecular formula is C14H17N3O2S. The van der Waals surface area contributed by atoms with Crippen molar-refractivity contribution in [1.82, 2.24) is 10.4 Å². The summed E-state index contributed by atoms with van der Waals surface area (Å²) < 4.78 is 6.31. The van der Waals surface area contributed by atoms with Crippen molar-refractivity contribution >= 4 is 33.0 Å². The minimum atomic E-state index is -0.136. The third-order valence-electron chi connectivity index (χ3n) is 3.36. The van der Waals surface area contributed by atoms with Crippen LogP contribution in [0.4, 0.5) is 5.69 Å². The quantitative estimate of drug-likeness (QED) is 0.885. The number of aryl methyl sites for hydroxylation is 1. The number of anilines is 1. The first-order valence-corrected chi connectivity index (χ1v) is 7.39. The lowest BCUT2D eigenvalue weighted by molar-refractivity contribution is 0.0128. The molecule has 0 saturated carbocycles. The zero-order valence-electron chi connectivity index (χ0n) is 11.3. The van der Waals surface area contributed by atoms with E-state index in [2.05, 4.69) is 11.5 Å². The summed E-state index contributed by atoms with van der Waals surface area (Å²) in [6.07, 6.45) is 0. The van der Waals surface area contributed by atoms with Crippen molar-refractivity contribution in [3.05, 3.63) is 28.6 Å². The number of nitrogen functional groups attached to an aromatic ring is 1. The van der Waals surface area contributed by atoms with Crippen LogP contribution in [0.2, 0.25) is 0 Å². The number of hydrogen-bond acceptors (Lipinski definition) is 5. The number of hydrazine groups is 1. The van der Waals surface area contributed by atoms with Crippen molar-refractivity contribution in [3.8, 4) is 0 Å². The molecule has 0 aliphatic carbocycles. The predicted molar refractivity (Wildman–Crippen MR) is 80.8 cm³/mol. The fourth-order valence-electron chi connectivity index (χ4n) is 2.26. The summed E-state index contributed by atoms with van der Waals surface area (Å²) in [7, 11) is 0. The highest BCUT2D eigenvalue weighted by atomic mass is 32.1. The molecule has 106 valence electrons. The lowest BCUT2D eigenvalue weighted by atomic mass is 10.1. The Balaban J connectivity index is 1.85. The summed E-state index contributed by atoms with van der Waals surface area (Å²) in [6.45, 7) is 4.72. The van der Waals surface area contributed by atoms with Crippen LogP contribution in [-0.2, 0) is 4.74 Å². The van der Waals surface area contributed by atoms with Crippen LogP contribution >= 0.6 is 11.3 Å². The number of ether oxygens (including phenoxy) is 1. The molecule has 5 nitrogen and oxygen atoms in total. The van der Waals surface area contributed by atoms with Crippen molar-refractivity contribution in [3.63, 3.8) is 0 Å². The van der Waals surface area contributed by atoms with Gasteiger partial charge in [-0.2, -0.15) is 0 Å². The second-order valence-corrected chi connectivity index (χ2v) is 5.94. The highest BCUT2D eigenvalue weighted by Crippen LogP contribution is 2.34. The van der Waals surface area contributed by atoms with Gasteiger partial charge in [0.15, 0.2) is 0 Å². The van der Waals surface area contributed by atoms with Crippen LogP contribution in [-0.4, -0.2) is 37.2 Å². The number of carbonyl (C=O) groups is 1. The SMILES string of the molecule is Cc1ccc2c(N)c(C(=O)NN3CCOCC3)sc2c1. The van der Waals surface area contributed by atoms with Crippen molar-refractivity contribution in [2.45, 2.75) is 6.92 Å². The summed E-state index contributed by atoms with van der Waals surface area (Å²) in [5.74, 6) is -0.136. The number of rotatable bonds is 2. The standard InChI is InChI=1S/C14H17N3O2S/c1-9-2-3-10-11(8-9)20-13(12(10)15)14(18)16-17-4-6-19-7-5-17/h2-3,8H,4-7,15H2,1H3,(H,16,18). The molecule has 2 aromatic rings. The van der Waals surface area contributed by atoms with E-state index in [-0.39, 0.29) is 5.91 Å². The normalized spacial score (nSPS) is 16.4. The van der Waals surface area contributed by atoms with Gasteiger partial charge in [-0.1, -0.05) is 12.1 Å². The highest BCUT2D eigenvalue weighted by Gasteiger charge is 2.19. The van der Waals surface area contributed by atoms with Gasteiger partial charge in [-0.15, -0.1) is 11.3 Å². The van der Waals surface area contributed by atoms with Crippen molar-refractivity contribution in [2.75, 3.05) is 32.0 Å².